The highest BCUT2D eigenvalue weighted by molar-refractivity contribution is 9.10. The van der Waals surface area contributed by atoms with E-state index in [0.29, 0.717) is 14.9 Å². The molecule has 84 valence electrons. The summed E-state index contributed by atoms with van der Waals surface area (Å²) >= 11 is 8.37. The average molecular weight is 301 g/mol. The number of rotatable bonds is 2. The van der Waals surface area contributed by atoms with Crippen LogP contribution in [-0.2, 0) is 6.42 Å². The first-order valence-electron chi connectivity index (χ1n) is 4.88. The summed E-state index contributed by atoms with van der Waals surface area (Å²) in [4.78, 5) is 2.93. The Morgan fingerprint density at radius 2 is 2.25 bits per heavy atom. The summed E-state index contributed by atoms with van der Waals surface area (Å²) < 4.78 is 16.7. The SMILES string of the molecule is CCc1c[nH]c(=S)n1-c1ccc(Br)cc1F. The highest BCUT2D eigenvalue weighted by Crippen LogP contribution is 2.20. The Hall–Kier alpha value is -0.940. The van der Waals surface area contributed by atoms with Crippen molar-refractivity contribution in [1.29, 1.82) is 0 Å². The number of nitrogens with one attached hydrogen (secondary N) is 1. The van der Waals surface area contributed by atoms with Gasteiger partial charge in [0.15, 0.2) is 4.77 Å². The van der Waals surface area contributed by atoms with Crippen molar-refractivity contribution in [2.24, 2.45) is 0 Å². The molecule has 1 N–H and O–H groups in total. The lowest BCUT2D eigenvalue weighted by molar-refractivity contribution is 0.614. The Labute approximate surface area is 106 Å². The van der Waals surface area contributed by atoms with Crippen molar-refractivity contribution in [3.63, 3.8) is 0 Å². The summed E-state index contributed by atoms with van der Waals surface area (Å²) in [6.07, 6.45) is 2.60. The van der Waals surface area contributed by atoms with Gasteiger partial charge in [-0.25, -0.2) is 4.39 Å². The number of H-pyrrole nitrogens is 1. The van der Waals surface area contributed by atoms with E-state index in [0.717, 1.165) is 12.1 Å². The van der Waals surface area contributed by atoms with Gasteiger partial charge in [0.25, 0.3) is 0 Å². The maximum atomic E-state index is 13.8. The number of hydrogen-bond donors (Lipinski definition) is 1. The minimum atomic E-state index is -0.292. The van der Waals surface area contributed by atoms with Crippen molar-refractivity contribution in [2.75, 3.05) is 0 Å². The number of nitrogens with zero attached hydrogens (tertiary/aromatic N) is 1. The van der Waals surface area contributed by atoms with E-state index >= 15 is 0 Å². The standard InChI is InChI=1S/C11H10BrFN2S/c1-2-8-6-14-11(16)15(8)10-4-3-7(12)5-9(10)13/h3-6H,2H2,1H3,(H,14,16). The number of aryl methyl sites for hydroxylation is 1. The molecule has 0 amide bonds. The Morgan fingerprint density at radius 3 is 2.88 bits per heavy atom. The lowest BCUT2D eigenvalue weighted by atomic mass is 10.3. The van der Waals surface area contributed by atoms with Crippen LogP contribution >= 0.6 is 28.1 Å². The molecular formula is C11H10BrFN2S. The van der Waals surface area contributed by atoms with Crippen LogP contribution < -0.4 is 0 Å². The number of aromatic amines is 1. The van der Waals surface area contributed by atoms with Crippen molar-refractivity contribution in [3.05, 3.63) is 45.2 Å². The molecule has 0 fully saturated rings. The molecule has 1 aromatic heterocycles. The van der Waals surface area contributed by atoms with Crippen LogP contribution in [0.2, 0.25) is 0 Å². The summed E-state index contributed by atoms with van der Waals surface area (Å²) in [5.41, 5.74) is 1.44. The van der Waals surface area contributed by atoms with Crippen LogP contribution in [0.5, 0.6) is 0 Å². The fourth-order valence-corrected chi connectivity index (χ4v) is 2.20. The maximum absolute atomic E-state index is 13.8. The maximum Gasteiger partial charge on any atom is 0.182 e. The number of aromatic nitrogens is 2. The van der Waals surface area contributed by atoms with Crippen molar-refractivity contribution >= 4 is 28.1 Å². The zero-order valence-corrected chi connectivity index (χ0v) is 11.0. The third-order valence-corrected chi connectivity index (χ3v) is 3.16. The summed E-state index contributed by atoms with van der Waals surface area (Å²) in [5.74, 6) is -0.292. The molecule has 0 radical (unpaired) electrons. The van der Waals surface area contributed by atoms with Gasteiger partial charge in [-0.15, -0.1) is 0 Å². The molecule has 0 aliphatic rings. The average Bonchev–Trinajstić information content (AvgIpc) is 2.60. The number of hydrogen-bond acceptors (Lipinski definition) is 1. The first-order valence-corrected chi connectivity index (χ1v) is 6.08. The van der Waals surface area contributed by atoms with Gasteiger partial charge in [-0.05, 0) is 36.8 Å². The Balaban J connectivity index is 2.67. The van der Waals surface area contributed by atoms with Crippen molar-refractivity contribution < 1.29 is 4.39 Å². The molecule has 1 heterocycles. The second-order valence-electron chi connectivity index (χ2n) is 3.37. The molecule has 2 rings (SSSR count). The van der Waals surface area contributed by atoms with E-state index in [1.165, 1.54) is 6.07 Å². The van der Waals surface area contributed by atoms with E-state index in [-0.39, 0.29) is 5.82 Å². The Bertz CT molecular complexity index is 574. The van der Waals surface area contributed by atoms with Gasteiger partial charge in [-0.2, -0.15) is 0 Å². The first kappa shape index (κ1) is 11.5. The fourth-order valence-electron chi connectivity index (χ4n) is 1.59. The molecule has 16 heavy (non-hydrogen) atoms. The minimum Gasteiger partial charge on any atom is -0.337 e. The molecule has 5 heteroatoms. The quantitative estimate of drug-likeness (QED) is 0.832. The summed E-state index contributed by atoms with van der Waals surface area (Å²) in [6.45, 7) is 2.01. The molecular weight excluding hydrogens is 291 g/mol. The predicted octanol–water partition coefficient (Wildman–Crippen LogP) is 4.00. The van der Waals surface area contributed by atoms with Crippen LogP contribution in [0, 0.1) is 10.6 Å². The van der Waals surface area contributed by atoms with Gasteiger partial charge in [0.05, 0.1) is 5.69 Å². The predicted molar refractivity (Wildman–Crippen MR) is 68.0 cm³/mol. The number of imidazole rings is 1. The zero-order valence-electron chi connectivity index (χ0n) is 8.63. The van der Waals surface area contributed by atoms with Gasteiger partial charge in [0.1, 0.15) is 5.82 Å². The monoisotopic (exact) mass is 300 g/mol. The smallest absolute Gasteiger partial charge is 0.182 e. The van der Waals surface area contributed by atoms with Crippen molar-refractivity contribution in [1.82, 2.24) is 9.55 Å². The molecule has 2 aromatic rings. The van der Waals surface area contributed by atoms with Crippen LogP contribution in [-0.4, -0.2) is 9.55 Å². The lowest BCUT2D eigenvalue weighted by Gasteiger charge is -2.08. The normalized spacial score (nSPS) is 10.7. The van der Waals surface area contributed by atoms with Crippen LogP contribution in [0.15, 0.2) is 28.9 Å². The van der Waals surface area contributed by atoms with Gasteiger partial charge >= 0.3 is 0 Å². The lowest BCUT2D eigenvalue weighted by Crippen LogP contribution is -2.01. The number of benzene rings is 1. The summed E-state index contributed by atoms with van der Waals surface area (Å²) in [7, 11) is 0. The van der Waals surface area contributed by atoms with E-state index in [1.807, 2.05) is 13.1 Å². The highest BCUT2D eigenvalue weighted by Gasteiger charge is 2.09. The Kier molecular flexibility index (Phi) is 3.25. The van der Waals surface area contributed by atoms with Crippen molar-refractivity contribution in [3.8, 4) is 5.69 Å². The molecule has 0 spiro atoms. The largest absolute Gasteiger partial charge is 0.337 e. The van der Waals surface area contributed by atoms with Crippen molar-refractivity contribution in [2.45, 2.75) is 13.3 Å². The molecule has 0 aliphatic carbocycles. The molecule has 1 aromatic carbocycles. The molecule has 0 bridgehead atoms. The van der Waals surface area contributed by atoms with E-state index in [1.54, 1.807) is 16.7 Å². The van der Waals surface area contributed by atoms with E-state index in [4.69, 9.17) is 12.2 Å². The van der Waals surface area contributed by atoms with Gasteiger partial charge in [0.2, 0.25) is 0 Å². The van der Waals surface area contributed by atoms with Crippen LogP contribution in [0.25, 0.3) is 5.69 Å². The van der Waals surface area contributed by atoms with Crippen LogP contribution in [0.4, 0.5) is 4.39 Å². The molecule has 0 saturated carbocycles. The second kappa shape index (κ2) is 4.51. The highest BCUT2D eigenvalue weighted by atomic mass is 79.9. The van der Waals surface area contributed by atoms with Gasteiger partial charge in [-0.3, -0.25) is 4.57 Å². The molecule has 0 atom stereocenters. The molecule has 0 unspecified atom stereocenters. The van der Waals surface area contributed by atoms with Gasteiger partial charge in [-0.1, -0.05) is 22.9 Å². The van der Waals surface area contributed by atoms with E-state index in [9.17, 15) is 4.39 Å². The summed E-state index contributed by atoms with van der Waals surface area (Å²) in [5, 5.41) is 0. The van der Waals surface area contributed by atoms with Gasteiger partial charge in [0, 0.05) is 16.4 Å². The fraction of sp³-hybridized carbons (Fsp3) is 0.182. The second-order valence-corrected chi connectivity index (χ2v) is 4.67. The van der Waals surface area contributed by atoms with E-state index < -0.39 is 0 Å². The van der Waals surface area contributed by atoms with E-state index in [2.05, 4.69) is 20.9 Å². The summed E-state index contributed by atoms with van der Waals surface area (Å²) in [6, 6.07) is 4.94. The zero-order chi connectivity index (χ0) is 11.7. The third kappa shape index (κ3) is 1.97. The van der Waals surface area contributed by atoms with Crippen LogP contribution in [0.3, 0.4) is 0 Å². The Morgan fingerprint density at radius 1 is 1.50 bits per heavy atom. The number of halogens is 2. The first-order chi connectivity index (χ1) is 7.63. The minimum absolute atomic E-state index is 0.292. The molecule has 0 saturated heterocycles. The molecule has 0 aliphatic heterocycles. The molecule has 2 nitrogen and oxygen atoms in total. The topological polar surface area (TPSA) is 20.7 Å². The van der Waals surface area contributed by atoms with Gasteiger partial charge < -0.3 is 4.98 Å². The third-order valence-electron chi connectivity index (χ3n) is 2.37. The van der Waals surface area contributed by atoms with Crippen LogP contribution in [0.1, 0.15) is 12.6 Å².